The van der Waals surface area contributed by atoms with Gasteiger partial charge >= 0.3 is 6.09 Å². The first-order valence-electron chi connectivity index (χ1n) is 10.2. The van der Waals surface area contributed by atoms with E-state index in [2.05, 4.69) is 18.2 Å². The third-order valence-electron chi connectivity index (χ3n) is 6.09. The monoisotopic (exact) mass is 373 g/mol. The number of hydrogen-bond acceptors (Lipinski definition) is 4. The fourth-order valence-electron chi connectivity index (χ4n) is 4.91. The Hall–Kier alpha value is -1.75. The van der Waals surface area contributed by atoms with Gasteiger partial charge in [-0.15, -0.1) is 0 Å². The number of aliphatic hydroxyl groups is 1. The van der Waals surface area contributed by atoms with Crippen LogP contribution in [0, 0.1) is 0 Å². The van der Waals surface area contributed by atoms with E-state index >= 15 is 0 Å². The first-order valence-corrected chi connectivity index (χ1v) is 10.2. The average Bonchev–Trinajstić information content (AvgIpc) is 3.14. The second-order valence-corrected chi connectivity index (χ2v) is 9.45. The minimum absolute atomic E-state index is 0.0945. The first kappa shape index (κ1) is 18.6. The summed E-state index contributed by atoms with van der Waals surface area (Å²) in [6.07, 6.45) is 5.56. The lowest BCUT2D eigenvalue weighted by molar-refractivity contribution is -0.0623. The standard InChI is InChI=1S/C22H31NO4/c1-21(2,3)27-20(24)23-17-5-6-18(23)14-22(25,13-17)10-8-15-4-7-19-16(12-15)9-11-26-19/h4,7,12,17-18,25H,5-6,8-11,13-14H2,1-3H3. The lowest BCUT2D eigenvalue weighted by atomic mass is 9.81. The highest BCUT2D eigenvalue weighted by Gasteiger charge is 2.50. The predicted molar refractivity (Wildman–Crippen MR) is 103 cm³/mol. The molecule has 2 bridgehead atoms. The van der Waals surface area contributed by atoms with Gasteiger partial charge in [0.15, 0.2) is 0 Å². The number of nitrogens with zero attached hydrogens (tertiary/aromatic N) is 1. The van der Waals surface area contributed by atoms with E-state index in [1.54, 1.807) is 0 Å². The molecule has 1 N–H and O–H groups in total. The fourth-order valence-corrected chi connectivity index (χ4v) is 4.91. The van der Waals surface area contributed by atoms with Gasteiger partial charge in [-0.25, -0.2) is 4.79 Å². The Morgan fingerprint density at radius 3 is 2.67 bits per heavy atom. The topological polar surface area (TPSA) is 59.0 Å². The Morgan fingerprint density at radius 1 is 1.30 bits per heavy atom. The van der Waals surface area contributed by atoms with Crippen LogP contribution >= 0.6 is 0 Å². The number of hydrogen-bond donors (Lipinski definition) is 1. The molecule has 3 aliphatic heterocycles. The minimum Gasteiger partial charge on any atom is -0.493 e. The molecule has 1 aromatic carbocycles. The van der Waals surface area contributed by atoms with Crippen molar-refractivity contribution in [3.05, 3.63) is 29.3 Å². The van der Waals surface area contributed by atoms with Crippen LogP contribution in [0.2, 0.25) is 0 Å². The molecule has 0 saturated carbocycles. The van der Waals surface area contributed by atoms with Gasteiger partial charge in [-0.05, 0) is 76.5 Å². The summed E-state index contributed by atoms with van der Waals surface area (Å²) in [7, 11) is 0. The molecule has 5 nitrogen and oxygen atoms in total. The van der Waals surface area contributed by atoms with Gasteiger partial charge in [0.05, 0.1) is 12.2 Å². The van der Waals surface area contributed by atoms with Crippen molar-refractivity contribution in [3.8, 4) is 5.75 Å². The van der Waals surface area contributed by atoms with Gasteiger partial charge < -0.3 is 19.5 Å². The van der Waals surface area contributed by atoms with E-state index < -0.39 is 11.2 Å². The SMILES string of the molecule is CC(C)(C)OC(=O)N1C2CCC1CC(O)(CCc1ccc3c(c1)CCO3)C2. The third kappa shape index (κ3) is 3.93. The molecule has 3 aliphatic rings. The van der Waals surface area contributed by atoms with Crippen molar-refractivity contribution in [1.29, 1.82) is 0 Å². The molecule has 3 heterocycles. The summed E-state index contributed by atoms with van der Waals surface area (Å²) in [5.74, 6) is 1.00. The molecule has 5 heteroatoms. The summed E-state index contributed by atoms with van der Waals surface area (Å²) in [5.41, 5.74) is 1.36. The van der Waals surface area contributed by atoms with Crippen LogP contribution in [-0.4, -0.2) is 46.0 Å². The summed E-state index contributed by atoms with van der Waals surface area (Å²) < 4.78 is 11.2. The lowest BCUT2D eigenvalue weighted by Crippen LogP contribution is -2.54. The molecule has 0 radical (unpaired) electrons. The molecule has 1 aromatic rings. The van der Waals surface area contributed by atoms with Crippen molar-refractivity contribution in [3.63, 3.8) is 0 Å². The molecule has 4 rings (SSSR count). The maximum absolute atomic E-state index is 12.6. The van der Waals surface area contributed by atoms with E-state index in [9.17, 15) is 9.90 Å². The number of amides is 1. The third-order valence-corrected chi connectivity index (χ3v) is 6.09. The number of fused-ring (bicyclic) bond motifs is 3. The van der Waals surface area contributed by atoms with Gasteiger partial charge in [-0.3, -0.25) is 0 Å². The van der Waals surface area contributed by atoms with E-state index in [0.29, 0.717) is 12.8 Å². The number of carbonyl (C=O) groups excluding carboxylic acids is 1. The lowest BCUT2D eigenvalue weighted by Gasteiger charge is -2.44. The van der Waals surface area contributed by atoms with Crippen LogP contribution in [0.3, 0.4) is 0 Å². The Labute approximate surface area is 161 Å². The number of aryl methyl sites for hydroxylation is 1. The fraction of sp³-hybridized carbons (Fsp3) is 0.682. The molecule has 0 aromatic heterocycles. The Kier molecular flexibility index (Phi) is 4.61. The van der Waals surface area contributed by atoms with Crippen LogP contribution in [0.4, 0.5) is 4.79 Å². The largest absolute Gasteiger partial charge is 0.493 e. The molecular formula is C22H31NO4. The highest BCUT2D eigenvalue weighted by atomic mass is 16.6. The average molecular weight is 373 g/mol. The van der Waals surface area contributed by atoms with Crippen molar-refractivity contribution >= 4 is 6.09 Å². The maximum atomic E-state index is 12.6. The molecule has 2 saturated heterocycles. The summed E-state index contributed by atoms with van der Waals surface area (Å²) >= 11 is 0. The second-order valence-electron chi connectivity index (χ2n) is 9.45. The van der Waals surface area contributed by atoms with Crippen molar-refractivity contribution in [2.24, 2.45) is 0 Å². The molecule has 1 amide bonds. The summed E-state index contributed by atoms with van der Waals surface area (Å²) in [6.45, 7) is 6.46. The van der Waals surface area contributed by atoms with Crippen molar-refractivity contribution < 1.29 is 19.4 Å². The van der Waals surface area contributed by atoms with Crippen LogP contribution in [0.5, 0.6) is 5.75 Å². The van der Waals surface area contributed by atoms with Gasteiger partial charge in [0.2, 0.25) is 0 Å². The molecule has 2 atom stereocenters. The number of ether oxygens (including phenoxy) is 2. The van der Waals surface area contributed by atoms with Crippen molar-refractivity contribution in [1.82, 2.24) is 4.90 Å². The van der Waals surface area contributed by atoms with E-state index in [1.165, 1.54) is 11.1 Å². The van der Waals surface area contributed by atoms with Crippen molar-refractivity contribution in [2.75, 3.05) is 6.61 Å². The molecular weight excluding hydrogens is 342 g/mol. The Balaban J connectivity index is 1.39. The van der Waals surface area contributed by atoms with Crippen LogP contribution < -0.4 is 4.74 Å². The van der Waals surface area contributed by atoms with Crippen LogP contribution in [0.15, 0.2) is 18.2 Å². The second kappa shape index (κ2) is 6.69. The highest BCUT2D eigenvalue weighted by molar-refractivity contribution is 5.69. The predicted octanol–water partition coefficient (Wildman–Crippen LogP) is 3.85. The summed E-state index contributed by atoms with van der Waals surface area (Å²) in [4.78, 5) is 14.5. The van der Waals surface area contributed by atoms with Gasteiger partial charge in [0, 0.05) is 18.5 Å². The van der Waals surface area contributed by atoms with Crippen LogP contribution in [0.25, 0.3) is 0 Å². The zero-order chi connectivity index (χ0) is 19.2. The van der Waals surface area contributed by atoms with Crippen LogP contribution in [-0.2, 0) is 17.6 Å². The Bertz CT molecular complexity index is 710. The van der Waals surface area contributed by atoms with E-state index in [-0.39, 0.29) is 18.2 Å². The van der Waals surface area contributed by atoms with E-state index in [4.69, 9.17) is 9.47 Å². The van der Waals surface area contributed by atoms with Crippen molar-refractivity contribution in [2.45, 2.75) is 89.0 Å². The zero-order valence-electron chi connectivity index (χ0n) is 16.7. The van der Waals surface area contributed by atoms with Gasteiger partial charge in [-0.1, -0.05) is 12.1 Å². The molecule has 0 aliphatic carbocycles. The number of rotatable bonds is 3. The smallest absolute Gasteiger partial charge is 0.410 e. The summed E-state index contributed by atoms with van der Waals surface area (Å²) in [6, 6.07) is 6.57. The van der Waals surface area contributed by atoms with E-state index in [1.807, 2.05) is 25.7 Å². The summed E-state index contributed by atoms with van der Waals surface area (Å²) in [5, 5.41) is 11.2. The molecule has 148 valence electrons. The van der Waals surface area contributed by atoms with Gasteiger partial charge in [0.1, 0.15) is 11.4 Å². The molecule has 0 spiro atoms. The van der Waals surface area contributed by atoms with Gasteiger partial charge in [-0.2, -0.15) is 0 Å². The number of benzene rings is 1. The molecule has 2 fully saturated rings. The normalized spacial score (nSPS) is 29.4. The number of piperidine rings is 1. The minimum atomic E-state index is -0.695. The van der Waals surface area contributed by atoms with E-state index in [0.717, 1.165) is 44.5 Å². The Morgan fingerprint density at radius 2 is 2.00 bits per heavy atom. The number of carbonyl (C=O) groups is 1. The molecule has 2 unspecified atom stereocenters. The van der Waals surface area contributed by atoms with Gasteiger partial charge in [0.25, 0.3) is 0 Å². The van der Waals surface area contributed by atoms with Crippen LogP contribution in [0.1, 0.15) is 64.0 Å². The quantitative estimate of drug-likeness (QED) is 0.874. The molecule has 27 heavy (non-hydrogen) atoms. The first-order chi connectivity index (χ1) is 12.7. The zero-order valence-corrected chi connectivity index (χ0v) is 16.7. The maximum Gasteiger partial charge on any atom is 0.410 e. The highest BCUT2D eigenvalue weighted by Crippen LogP contribution is 2.43.